The van der Waals surface area contributed by atoms with Gasteiger partial charge in [0.15, 0.2) is 0 Å². The van der Waals surface area contributed by atoms with Gasteiger partial charge in [0.25, 0.3) is 5.92 Å². The Bertz CT molecular complexity index is 792. The average molecular weight is 346 g/mol. The molecule has 2 aromatic carbocycles. The average Bonchev–Trinajstić information content (AvgIpc) is 2.60. The first-order valence-electron chi connectivity index (χ1n) is 8.01. The number of aliphatic imine (C=N–C) groups is 1. The zero-order valence-corrected chi connectivity index (χ0v) is 14.2. The van der Waals surface area contributed by atoms with Gasteiger partial charge in [0.2, 0.25) is 0 Å². The van der Waals surface area contributed by atoms with Gasteiger partial charge in [0, 0.05) is 24.1 Å². The molecule has 0 aliphatic carbocycles. The van der Waals surface area contributed by atoms with Crippen molar-refractivity contribution >= 4 is 22.3 Å². The van der Waals surface area contributed by atoms with Crippen LogP contribution in [0.2, 0.25) is 0 Å². The van der Waals surface area contributed by atoms with E-state index in [2.05, 4.69) is 11.1 Å². The van der Waals surface area contributed by atoms with Crippen LogP contribution in [0, 0.1) is 0 Å². The molecule has 124 valence electrons. The van der Waals surface area contributed by atoms with Gasteiger partial charge in [-0.1, -0.05) is 73.1 Å². The highest BCUT2D eigenvalue weighted by Gasteiger charge is 2.28. The van der Waals surface area contributed by atoms with Crippen molar-refractivity contribution in [2.45, 2.75) is 25.7 Å². The smallest absolute Gasteiger partial charge is 0.272 e. The number of hydrogen-bond acceptors (Lipinski definition) is 1. The Morgan fingerprint density at radius 3 is 2.38 bits per heavy atom. The molecule has 0 radical (unpaired) electrons. The van der Waals surface area contributed by atoms with Crippen molar-refractivity contribution in [1.82, 2.24) is 0 Å². The molecule has 0 aromatic heterocycles. The summed E-state index contributed by atoms with van der Waals surface area (Å²) in [6.45, 7) is 2.10. The van der Waals surface area contributed by atoms with Crippen LogP contribution >= 0.6 is 11.6 Å². The van der Waals surface area contributed by atoms with Gasteiger partial charge >= 0.3 is 0 Å². The number of benzene rings is 2. The molecule has 0 saturated heterocycles. The van der Waals surface area contributed by atoms with Gasteiger partial charge in [-0.15, -0.1) is 0 Å². The SMILES string of the molecule is CCC(F)(F)c1ccc(/C2=C/CCN=C(Cl)c3ccccc32)cc1. The molecular weight excluding hydrogens is 328 g/mol. The predicted molar refractivity (Wildman–Crippen MR) is 96.0 cm³/mol. The van der Waals surface area contributed by atoms with E-state index in [0.29, 0.717) is 11.7 Å². The summed E-state index contributed by atoms with van der Waals surface area (Å²) in [6, 6.07) is 14.3. The summed E-state index contributed by atoms with van der Waals surface area (Å²) >= 11 is 6.30. The van der Waals surface area contributed by atoms with Gasteiger partial charge in [0.1, 0.15) is 5.17 Å². The zero-order valence-electron chi connectivity index (χ0n) is 13.4. The molecule has 0 fully saturated rings. The van der Waals surface area contributed by atoms with Crippen LogP contribution in [-0.4, -0.2) is 11.7 Å². The van der Waals surface area contributed by atoms with Crippen molar-refractivity contribution in [3.8, 4) is 0 Å². The topological polar surface area (TPSA) is 12.4 Å². The summed E-state index contributed by atoms with van der Waals surface area (Å²) in [4.78, 5) is 4.35. The van der Waals surface area contributed by atoms with Gasteiger partial charge in [-0.25, -0.2) is 8.78 Å². The van der Waals surface area contributed by atoms with Crippen LogP contribution in [-0.2, 0) is 5.92 Å². The first kappa shape index (κ1) is 16.8. The predicted octanol–water partition coefficient (Wildman–Crippen LogP) is 6.01. The molecule has 1 aliphatic rings. The highest BCUT2D eigenvalue weighted by atomic mass is 35.5. The number of alkyl halides is 2. The third-order valence-electron chi connectivity index (χ3n) is 4.23. The maximum atomic E-state index is 13.8. The number of fused-ring (bicyclic) bond motifs is 1. The van der Waals surface area contributed by atoms with Gasteiger partial charge < -0.3 is 0 Å². The number of nitrogens with zero attached hydrogens (tertiary/aromatic N) is 1. The lowest BCUT2D eigenvalue weighted by molar-refractivity contribution is -0.00828. The van der Waals surface area contributed by atoms with Crippen molar-refractivity contribution in [2.24, 2.45) is 4.99 Å². The molecule has 0 saturated carbocycles. The van der Waals surface area contributed by atoms with Crippen molar-refractivity contribution in [3.63, 3.8) is 0 Å². The molecule has 0 unspecified atom stereocenters. The second-order valence-corrected chi connectivity index (χ2v) is 6.12. The summed E-state index contributed by atoms with van der Waals surface area (Å²) in [5.74, 6) is -2.79. The van der Waals surface area contributed by atoms with Crippen molar-refractivity contribution in [3.05, 3.63) is 76.9 Å². The first-order chi connectivity index (χ1) is 11.5. The molecule has 3 rings (SSSR count). The molecule has 24 heavy (non-hydrogen) atoms. The van der Waals surface area contributed by atoms with E-state index in [9.17, 15) is 8.78 Å². The molecule has 4 heteroatoms. The highest BCUT2D eigenvalue weighted by molar-refractivity contribution is 6.70. The fourth-order valence-corrected chi connectivity index (χ4v) is 3.09. The van der Waals surface area contributed by atoms with E-state index in [-0.39, 0.29) is 12.0 Å². The van der Waals surface area contributed by atoms with Crippen LogP contribution in [0.1, 0.15) is 42.0 Å². The first-order valence-corrected chi connectivity index (χ1v) is 8.39. The van der Waals surface area contributed by atoms with Crippen LogP contribution < -0.4 is 0 Å². The molecule has 2 aromatic rings. The lowest BCUT2D eigenvalue weighted by atomic mass is 9.91. The summed E-state index contributed by atoms with van der Waals surface area (Å²) in [6.07, 6.45) is 2.65. The maximum absolute atomic E-state index is 13.8. The van der Waals surface area contributed by atoms with E-state index < -0.39 is 5.92 Å². The second-order valence-electron chi connectivity index (χ2n) is 5.76. The van der Waals surface area contributed by atoms with E-state index in [0.717, 1.165) is 28.7 Å². The standard InChI is InChI=1S/C20H18ClF2N/c1-2-20(22,23)15-11-9-14(10-12-15)16-8-5-13-24-19(21)18-7-4-3-6-17(16)18/h3-4,6-12H,2,5,13H2,1H3/b16-8-,24-19?. The molecule has 0 spiro atoms. The number of halogens is 3. The third kappa shape index (κ3) is 3.27. The normalized spacial score (nSPS) is 17.2. The molecule has 0 bridgehead atoms. The van der Waals surface area contributed by atoms with E-state index >= 15 is 0 Å². The van der Waals surface area contributed by atoms with Crippen LogP contribution in [0.3, 0.4) is 0 Å². The largest absolute Gasteiger partial charge is 0.273 e. The maximum Gasteiger partial charge on any atom is 0.273 e. The lowest BCUT2D eigenvalue weighted by Crippen LogP contribution is -2.11. The van der Waals surface area contributed by atoms with Gasteiger partial charge in [-0.05, 0) is 23.1 Å². The quantitative estimate of drug-likeness (QED) is 0.646. The fraction of sp³-hybridized carbons (Fsp3) is 0.250. The van der Waals surface area contributed by atoms with Crippen LogP contribution in [0.4, 0.5) is 8.78 Å². The van der Waals surface area contributed by atoms with Gasteiger partial charge in [0.05, 0.1) is 0 Å². The van der Waals surface area contributed by atoms with Gasteiger partial charge in [-0.3, -0.25) is 4.99 Å². The Balaban J connectivity index is 2.05. The molecule has 0 atom stereocenters. The van der Waals surface area contributed by atoms with E-state index in [1.54, 1.807) is 12.1 Å². The number of hydrogen-bond donors (Lipinski definition) is 0. The van der Waals surface area contributed by atoms with Gasteiger partial charge in [-0.2, -0.15) is 0 Å². The van der Waals surface area contributed by atoms with E-state index in [1.165, 1.54) is 19.1 Å². The Morgan fingerprint density at radius 1 is 1.04 bits per heavy atom. The van der Waals surface area contributed by atoms with Crippen molar-refractivity contribution < 1.29 is 8.78 Å². The minimum absolute atomic E-state index is 0.0491. The van der Waals surface area contributed by atoms with E-state index in [1.807, 2.05) is 24.3 Å². The monoisotopic (exact) mass is 345 g/mol. The number of rotatable bonds is 3. The van der Waals surface area contributed by atoms with Crippen molar-refractivity contribution in [1.29, 1.82) is 0 Å². The molecular formula is C20H18ClF2N. The zero-order chi connectivity index (χ0) is 17.2. The Morgan fingerprint density at radius 2 is 1.71 bits per heavy atom. The summed E-state index contributed by atoms with van der Waals surface area (Å²) in [5, 5.41) is 0.491. The summed E-state index contributed by atoms with van der Waals surface area (Å²) in [5.41, 5.74) is 3.80. The van der Waals surface area contributed by atoms with E-state index in [4.69, 9.17) is 11.6 Å². The Kier molecular flexibility index (Phi) is 4.81. The van der Waals surface area contributed by atoms with Crippen molar-refractivity contribution in [2.75, 3.05) is 6.54 Å². The Labute approximate surface area is 145 Å². The van der Waals surface area contributed by atoms with Crippen LogP contribution in [0.25, 0.3) is 5.57 Å². The molecule has 0 N–H and O–H groups in total. The second kappa shape index (κ2) is 6.86. The minimum atomic E-state index is -2.79. The summed E-state index contributed by atoms with van der Waals surface area (Å²) in [7, 11) is 0. The lowest BCUT2D eigenvalue weighted by Gasteiger charge is -2.17. The molecule has 1 aliphatic heterocycles. The molecule has 0 amide bonds. The minimum Gasteiger partial charge on any atom is -0.272 e. The fourth-order valence-electron chi connectivity index (χ4n) is 2.84. The molecule has 1 nitrogen and oxygen atoms in total. The molecule has 1 heterocycles. The third-order valence-corrected chi connectivity index (χ3v) is 4.55. The Hall–Kier alpha value is -2.00. The van der Waals surface area contributed by atoms with Crippen LogP contribution in [0.15, 0.2) is 59.6 Å². The van der Waals surface area contributed by atoms with Crippen LogP contribution in [0.5, 0.6) is 0 Å². The highest BCUT2D eigenvalue weighted by Crippen LogP contribution is 2.34. The summed E-state index contributed by atoms with van der Waals surface area (Å²) < 4.78 is 27.6.